The molecule has 114 valence electrons. The van der Waals surface area contributed by atoms with Crippen molar-refractivity contribution >= 4 is 0 Å². The van der Waals surface area contributed by atoms with Gasteiger partial charge in [0.25, 0.3) is 0 Å². The molecule has 0 saturated heterocycles. The molecule has 2 rings (SSSR count). The van der Waals surface area contributed by atoms with Crippen LogP contribution in [0, 0.1) is 5.92 Å². The van der Waals surface area contributed by atoms with E-state index < -0.39 is 0 Å². The van der Waals surface area contributed by atoms with E-state index in [-0.39, 0.29) is 12.6 Å². The number of methoxy groups -OCH3 is 1. The van der Waals surface area contributed by atoms with Crippen molar-refractivity contribution in [1.29, 1.82) is 0 Å². The highest BCUT2D eigenvalue weighted by atomic mass is 16.5. The first kappa shape index (κ1) is 15.5. The predicted molar refractivity (Wildman–Crippen MR) is 78.8 cm³/mol. The fourth-order valence-electron chi connectivity index (χ4n) is 1.91. The van der Waals surface area contributed by atoms with E-state index in [2.05, 4.69) is 15.5 Å². The van der Waals surface area contributed by atoms with Crippen LogP contribution in [-0.4, -0.2) is 35.0 Å². The Hall–Kier alpha value is -1.92. The summed E-state index contributed by atoms with van der Waals surface area (Å²) in [7, 11) is 1.62. The standard InChI is InChI=1S/C15H21N3O3/c1-10(2)13(9-19)16-8-14-17-15(18-21-14)11-4-6-12(20-3)7-5-11/h4-7,10,13,16,19H,8-9H2,1-3H3. The summed E-state index contributed by atoms with van der Waals surface area (Å²) in [5.74, 6) is 2.16. The lowest BCUT2D eigenvalue weighted by atomic mass is 10.1. The van der Waals surface area contributed by atoms with Crippen molar-refractivity contribution in [2.75, 3.05) is 13.7 Å². The summed E-state index contributed by atoms with van der Waals surface area (Å²) in [4.78, 5) is 4.34. The van der Waals surface area contributed by atoms with Gasteiger partial charge in [-0.25, -0.2) is 0 Å². The lowest BCUT2D eigenvalue weighted by molar-refractivity contribution is 0.205. The smallest absolute Gasteiger partial charge is 0.240 e. The zero-order chi connectivity index (χ0) is 15.2. The van der Waals surface area contributed by atoms with E-state index in [0.717, 1.165) is 11.3 Å². The maximum Gasteiger partial charge on any atom is 0.240 e. The van der Waals surface area contributed by atoms with Crippen LogP contribution in [0.5, 0.6) is 5.75 Å². The number of benzene rings is 1. The molecule has 1 aromatic heterocycles. The van der Waals surface area contributed by atoms with Crippen LogP contribution in [0.4, 0.5) is 0 Å². The molecule has 2 aromatic rings. The highest BCUT2D eigenvalue weighted by Gasteiger charge is 2.14. The summed E-state index contributed by atoms with van der Waals surface area (Å²) < 4.78 is 10.3. The molecule has 0 aliphatic carbocycles. The van der Waals surface area contributed by atoms with Crippen LogP contribution < -0.4 is 10.1 Å². The van der Waals surface area contributed by atoms with Crippen molar-refractivity contribution in [3.63, 3.8) is 0 Å². The van der Waals surface area contributed by atoms with Crippen molar-refractivity contribution in [2.24, 2.45) is 5.92 Å². The van der Waals surface area contributed by atoms with Crippen LogP contribution in [0.2, 0.25) is 0 Å². The Bertz CT molecular complexity index is 552. The number of rotatable bonds is 7. The fraction of sp³-hybridized carbons (Fsp3) is 0.467. The van der Waals surface area contributed by atoms with Gasteiger partial charge in [-0.2, -0.15) is 4.98 Å². The molecule has 0 spiro atoms. The molecule has 6 heteroatoms. The minimum atomic E-state index is 0.0151. The topological polar surface area (TPSA) is 80.4 Å². The Morgan fingerprint density at radius 2 is 2.00 bits per heavy atom. The third-order valence-electron chi connectivity index (χ3n) is 3.33. The van der Waals surface area contributed by atoms with Crippen molar-refractivity contribution in [3.05, 3.63) is 30.2 Å². The molecule has 1 atom stereocenters. The first-order valence-corrected chi connectivity index (χ1v) is 6.95. The van der Waals surface area contributed by atoms with Crippen LogP contribution in [0.1, 0.15) is 19.7 Å². The van der Waals surface area contributed by atoms with Crippen molar-refractivity contribution in [2.45, 2.75) is 26.4 Å². The van der Waals surface area contributed by atoms with Gasteiger partial charge in [-0.15, -0.1) is 0 Å². The van der Waals surface area contributed by atoms with Crippen LogP contribution in [0.3, 0.4) is 0 Å². The third-order valence-corrected chi connectivity index (χ3v) is 3.33. The predicted octanol–water partition coefficient (Wildman–Crippen LogP) is 1.85. The highest BCUT2D eigenvalue weighted by Crippen LogP contribution is 2.19. The first-order chi connectivity index (χ1) is 10.1. The van der Waals surface area contributed by atoms with Gasteiger partial charge in [0.1, 0.15) is 5.75 Å². The summed E-state index contributed by atoms with van der Waals surface area (Å²) in [6.07, 6.45) is 0. The second-order valence-corrected chi connectivity index (χ2v) is 5.15. The fourth-order valence-corrected chi connectivity index (χ4v) is 1.91. The molecular weight excluding hydrogens is 270 g/mol. The molecule has 0 aliphatic rings. The molecule has 0 saturated carbocycles. The maximum atomic E-state index is 9.27. The maximum absolute atomic E-state index is 9.27. The molecule has 21 heavy (non-hydrogen) atoms. The molecule has 0 bridgehead atoms. The SMILES string of the molecule is COc1ccc(-c2noc(CNC(CO)C(C)C)n2)cc1. The summed E-state index contributed by atoms with van der Waals surface area (Å²) in [6.45, 7) is 4.61. The molecular formula is C15H21N3O3. The Morgan fingerprint density at radius 1 is 1.29 bits per heavy atom. The largest absolute Gasteiger partial charge is 0.497 e. The quantitative estimate of drug-likeness (QED) is 0.810. The second-order valence-electron chi connectivity index (χ2n) is 5.15. The minimum absolute atomic E-state index is 0.0151. The normalized spacial score (nSPS) is 12.6. The van der Waals surface area contributed by atoms with Crippen LogP contribution in [0.25, 0.3) is 11.4 Å². The van der Waals surface area contributed by atoms with Gasteiger partial charge in [0.2, 0.25) is 11.7 Å². The average molecular weight is 291 g/mol. The molecule has 0 amide bonds. The van der Waals surface area contributed by atoms with E-state index in [1.54, 1.807) is 7.11 Å². The van der Waals surface area contributed by atoms with Gasteiger partial charge in [0.15, 0.2) is 0 Å². The zero-order valence-electron chi connectivity index (χ0n) is 12.5. The van der Waals surface area contributed by atoms with Crippen molar-refractivity contribution in [1.82, 2.24) is 15.5 Å². The van der Waals surface area contributed by atoms with Crippen LogP contribution >= 0.6 is 0 Å². The van der Waals surface area contributed by atoms with E-state index in [4.69, 9.17) is 9.26 Å². The number of hydrogen-bond donors (Lipinski definition) is 2. The molecule has 0 radical (unpaired) electrons. The number of nitrogens with zero attached hydrogens (tertiary/aromatic N) is 2. The molecule has 0 fully saturated rings. The molecule has 1 heterocycles. The lowest BCUT2D eigenvalue weighted by Crippen LogP contribution is -2.36. The lowest BCUT2D eigenvalue weighted by Gasteiger charge is -2.18. The Balaban J connectivity index is 2.00. The molecule has 1 aromatic carbocycles. The average Bonchev–Trinajstić information content (AvgIpc) is 2.96. The van der Waals surface area contributed by atoms with Gasteiger partial charge >= 0.3 is 0 Å². The van der Waals surface area contributed by atoms with Crippen molar-refractivity contribution in [3.8, 4) is 17.1 Å². The monoisotopic (exact) mass is 291 g/mol. The number of hydrogen-bond acceptors (Lipinski definition) is 6. The summed E-state index contributed by atoms with van der Waals surface area (Å²) in [5.41, 5.74) is 0.869. The number of aliphatic hydroxyl groups is 1. The van der Waals surface area contributed by atoms with Gasteiger partial charge in [-0.1, -0.05) is 19.0 Å². The highest BCUT2D eigenvalue weighted by molar-refractivity contribution is 5.55. The van der Waals surface area contributed by atoms with Crippen molar-refractivity contribution < 1.29 is 14.4 Å². The van der Waals surface area contributed by atoms with Gasteiger partial charge < -0.3 is 19.7 Å². The van der Waals surface area contributed by atoms with E-state index >= 15 is 0 Å². The summed E-state index contributed by atoms with van der Waals surface area (Å²) in [6, 6.07) is 7.48. The van der Waals surface area contributed by atoms with E-state index in [1.165, 1.54) is 0 Å². The summed E-state index contributed by atoms with van der Waals surface area (Å²) >= 11 is 0. The zero-order valence-corrected chi connectivity index (χ0v) is 12.5. The molecule has 0 aliphatic heterocycles. The molecule has 2 N–H and O–H groups in total. The Labute approximate surface area is 124 Å². The second kappa shape index (κ2) is 7.19. The van der Waals surface area contributed by atoms with Gasteiger partial charge in [0.05, 0.1) is 20.3 Å². The number of ether oxygens (including phenoxy) is 1. The van der Waals surface area contributed by atoms with E-state index in [0.29, 0.717) is 24.2 Å². The molecule has 1 unspecified atom stereocenters. The van der Waals surface area contributed by atoms with Gasteiger partial charge in [0, 0.05) is 11.6 Å². The van der Waals surface area contributed by atoms with E-state index in [9.17, 15) is 5.11 Å². The molecule has 6 nitrogen and oxygen atoms in total. The van der Waals surface area contributed by atoms with Crippen LogP contribution in [0.15, 0.2) is 28.8 Å². The van der Waals surface area contributed by atoms with Gasteiger partial charge in [-0.05, 0) is 30.2 Å². The number of nitrogens with one attached hydrogen (secondary N) is 1. The summed E-state index contributed by atoms with van der Waals surface area (Å²) in [5, 5.41) is 16.4. The number of aromatic nitrogens is 2. The third kappa shape index (κ3) is 4.03. The van der Waals surface area contributed by atoms with Crippen LogP contribution in [-0.2, 0) is 6.54 Å². The minimum Gasteiger partial charge on any atom is -0.497 e. The van der Waals surface area contributed by atoms with Gasteiger partial charge in [-0.3, -0.25) is 0 Å². The van der Waals surface area contributed by atoms with E-state index in [1.807, 2.05) is 38.1 Å². The first-order valence-electron chi connectivity index (χ1n) is 6.95. The Morgan fingerprint density at radius 3 is 2.57 bits per heavy atom. The number of aliphatic hydroxyl groups excluding tert-OH is 1. The Kier molecular flexibility index (Phi) is 5.30.